The fourth-order valence-electron chi connectivity index (χ4n) is 1.36. The maximum atomic E-state index is 11.6. The van der Waals surface area contributed by atoms with Crippen molar-refractivity contribution in [3.8, 4) is 0 Å². The average molecular weight is 290 g/mol. The van der Waals surface area contributed by atoms with E-state index in [0.29, 0.717) is 6.54 Å². The minimum atomic E-state index is -3.07. The van der Waals surface area contributed by atoms with E-state index in [0.717, 1.165) is 11.1 Å². The van der Waals surface area contributed by atoms with Crippen LogP contribution in [0.25, 0.3) is 0 Å². The molecule has 0 aromatic carbocycles. The van der Waals surface area contributed by atoms with Crippen LogP contribution < -0.4 is 11.1 Å². The molecule has 1 aromatic heterocycles. The smallest absolute Gasteiger partial charge is 0.237 e. The lowest BCUT2D eigenvalue weighted by atomic mass is 10.2. The van der Waals surface area contributed by atoms with Crippen molar-refractivity contribution in [2.45, 2.75) is 25.9 Å². The van der Waals surface area contributed by atoms with Gasteiger partial charge < -0.3 is 11.1 Å². The minimum Gasteiger partial charge on any atom is -0.350 e. The largest absolute Gasteiger partial charge is 0.350 e. The monoisotopic (exact) mass is 290 g/mol. The first-order valence-electron chi connectivity index (χ1n) is 5.54. The van der Waals surface area contributed by atoms with Crippen LogP contribution in [0, 0.1) is 6.92 Å². The lowest BCUT2D eigenvalue weighted by Crippen LogP contribution is -2.41. The third-order valence-corrected chi connectivity index (χ3v) is 4.35. The highest BCUT2D eigenvalue weighted by Crippen LogP contribution is 2.14. The van der Waals surface area contributed by atoms with E-state index in [1.54, 1.807) is 11.3 Å². The van der Waals surface area contributed by atoms with Gasteiger partial charge in [-0.2, -0.15) is 0 Å². The van der Waals surface area contributed by atoms with Crippen LogP contribution in [0.4, 0.5) is 0 Å². The van der Waals surface area contributed by atoms with E-state index in [4.69, 9.17) is 5.73 Å². The van der Waals surface area contributed by atoms with Gasteiger partial charge in [0, 0.05) is 16.0 Å². The van der Waals surface area contributed by atoms with Gasteiger partial charge in [-0.1, -0.05) is 0 Å². The van der Waals surface area contributed by atoms with Crippen molar-refractivity contribution in [3.63, 3.8) is 0 Å². The van der Waals surface area contributed by atoms with Crippen LogP contribution in [-0.2, 0) is 21.2 Å². The van der Waals surface area contributed by atoms with Crippen molar-refractivity contribution in [2.75, 3.05) is 12.0 Å². The van der Waals surface area contributed by atoms with Gasteiger partial charge in [0.05, 0.1) is 18.3 Å². The van der Waals surface area contributed by atoms with Crippen LogP contribution in [0.15, 0.2) is 12.1 Å². The van der Waals surface area contributed by atoms with E-state index in [9.17, 15) is 13.2 Å². The lowest BCUT2D eigenvalue weighted by Gasteiger charge is -2.10. The van der Waals surface area contributed by atoms with Crippen molar-refractivity contribution in [1.29, 1.82) is 0 Å². The van der Waals surface area contributed by atoms with Gasteiger partial charge >= 0.3 is 0 Å². The summed E-state index contributed by atoms with van der Waals surface area (Å²) in [6.45, 7) is 2.43. The minimum absolute atomic E-state index is 0.0697. The molecule has 1 aromatic rings. The zero-order valence-electron chi connectivity index (χ0n) is 10.5. The molecule has 0 aliphatic heterocycles. The highest BCUT2D eigenvalue weighted by molar-refractivity contribution is 7.90. The first-order chi connectivity index (χ1) is 8.28. The van der Waals surface area contributed by atoms with E-state index in [1.807, 2.05) is 19.1 Å². The Morgan fingerprint density at radius 2 is 2.17 bits per heavy atom. The summed E-state index contributed by atoms with van der Waals surface area (Å²) in [6.07, 6.45) is 1.28. The average Bonchev–Trinajstić information content (AvgIpc) is 2.67. The first kappa shape index (κ1) is 15.1. The Kier molecular flexibility index (Phi) is 5.30. The number of nitrogens with one attached hydrogen (secondary N) is 1. The highest BCUT2D eigenvalue weighted by atomic mass is 32.2. The number of sulfone groups is 1. The van der Waals surface area contributed by atoms with Gasteiger partial charge in [-0.25, -0.2) is 8.42 Å². The molecule has 18 heavy (non-hydrogen) atoms. The van der Waals surface area contributed by atoms with Crippen LogP contribution >= 0.6 is 11.3 Å². The van der Waals surface area contributed by atoms with Gasteiger partial charge in [-0.15, -0.1) is 11.3 Å². The van der Waals surface area contributed by atoms with Gasteiger partial charge in [0.2, 0.25) is 5.91 Å². The predicted molar refractivity (Wildman–Crippen MR) is 73.2 cm³/mol. The number of hydrogen-bond acceptors (Lipinski definition) is 5. The number of carbonyl (C=O) groups excluding carboxylic acids is 1. The summed E-state index contributed by atoms with van der Waals surface area (Å²) in [4.78, 5) is 13.8. The van der Waals surface area contributed by atoms with Crippen LogP contribution in [0.3, 0.4) is 0 Å². The summed E-state index contributed by atoms with van der Waals surface area (Å²) < 4.78 is 21.9. The molecule has 1 unspecified atom stereocenters. The Morgan fingerprint density at radius 1 is 1.50 bits per heavy atom. The number of thiophene rings is 1. The zero-order valence-corrected chi connectivity index (χ0v) is 12.1. The maximum Gasteiger partial charge on any atom is 0.237 e. The lowest BCUT2D eigenvalue weighted by molar-refractivity contribution is -0.122. The summed E-state index contributed by atoms with van der Waals surface area (Å²) in [5.41, 5.74) is 5.62. The molecule has 1 rings (SSSR count). The molecule has 1 atom stereocenters. The molecule has 102 valence electrons. The molecule has 1 amide bonds. The van der Waals surface area contributed by atoms with E-state index < -0.39 is 15.9 Å². The van der Waals surface area contributed by atoms with Gasteiger partial charge in [-0.05, 0) is 25.5 Å². The first-order valence-corrected chi connectivity index (χ1v) is 8.42. The van der Waals surface area contributed by atoms with E-state index in [1.165, 1.54) is 4.88 Å². The number of amides is 1. The molecular weight excluding hydrogens is 272 g/mol. The molecule has 0 radical (unpaired) electrons. The normalized spacial score (nSPS) is 13.3. The molecule has 5 nitrogen and oxygen atoms in total. The number of nitrogens with two attached hydrogens (primary N) is 1. The van der Waals surface area contributed by atoms with Gasteiger partial charge in [0.1, 0.15) is 9.84 Å². The summed E-state index contributed by atoms with van der Waals surface area (Å²) in [5, 5.41) is 2.70. The van der Waals surface area contributed by atoms with E-state index in [-0.39, 0.29) is 18.1 Å². The molecule has 0 aliphatic carbocycles. The van der Waals surface area contributed by atoms with Crippen molar-refractivity contribution in [1.82, 2.24) is 5.32 Å². The molecule has 0 aliphatic rings. The summed E-state index contributed by atoms with van der Waals surface area (Å²) in [7, 11) is -3.07. The van der Waals surface area contributed by atoms with Crippen LogP contribution in [0.5, 0.6) is 0 Å². The van der Waals surface area contributed by atoms with E-state index in [2.05, 4.69) is 5.32 Å². The van der Waals surface area contributed by atoms with Gasteiger partial charge in [-0.3, -0.25) is 4.79 Å². The van der Waals surface area contributed by atoms with Crippen LogP contribution in [-0.4, -0.2) is 32.4 Å². The Bertz CT molecular complexity index is 508. The highest BCUT2D eigenvalue weighted by Gasteiger charge is 2.15. The standard InChI is InChI=1S/C11H18N2O3S2/c1-8-3-4-9(17-8)7-13-11(14)10(12)5-6-18(2,15)16/h3-4,10H,5-7,12H2,1-2H3,(H,13,14). The van der Waals surface area contributed by atoms with Crippen molar-refractivity contribution >= 4 is 27.1 Å². The number of carbonyl (C=O) groups is 1. The summed E-state index contributed by atoms with van der Waals surface area (Å²) >= 11 is 1.61. The topological polar surface area (TPSA) is 89.3 Å². The molecule has 0 saturated heterocycles. The molecule has 0 saturated carbocycles. The Balaban J connectivity index is 2.36. The Labute approximate surface area is 111 Å². The molecular formula is C11H18N2O3S2. The van der Waals surface area contributed by atoms with Crippen LogP contribution in [0.2, 0.25) is 0 Å². The van der Waals surface area contributed by atoms with Gasteiger partial charge in [0.15, 0.2) is 0 Å². The Hall–Kier alpha value is -0.920. The van der Waals surface area contributed by atoms with Crippen LogP contribution in [0.1, 0.15) is 16.2 Å². The predicted octanol–water partition coefficient (Wildman–Crippen LogP) is 0.435. The molecule has 3 N–H and O–H groups in total. The van der Waals surface area contributed by atoms with E-state index >= 15 is 0 Å². The SMILES string of the molecule is Cc1ccc(CNC(=O)C(N)CCS(C)(=O)=O)s1. The number of aryl methyl sites for hydroxylation is 1. The fourth-order valence-corrected chi connectivity index (χ4v) is 2.87. The second kappa shape index (κ2) is 6.31. The second-order valence-electron chi connectivity index (χ2n) is 4.26. The third-order valence-electron chi connectivity index (χ3n) is 2.37. The fraction of sp³-hybridized carbons (Fsp3) is 0.545. The third kappa shape index (κ3) is 5.61. The zero-order chi connectivity index (χ0) is 13.8. The quantitative estimate of drug-likeness (QED) is 0.795. The summed E-state index contributed by atoms with van der Waals surface area (Å²) in [5.74, 6) is -0.385. The second-order valence-corrected chi connectivity index (χ2v) is 7.89. The molecule has 0 fully saturated rings. The Morgan fingerprint density at radius 3 is 2.67 bits per heavy atom. The van der Waals surface area contributed by atoms with Crippen molar-refractivity contribution in [3.05, 3.63) is 21.9 Å². The van der Waals surface area contributed by atoms with Crippen molar-refractivity contribution < 1.29 is 13.2 Å². The number of rotatable bonds is 6. The maximum absolute atomic E-state index is 11.6. The van der Waals surface area contributed by atoms with Gasteiger partial charge in [0.25, 0.3) is 0 Å². The molecule has 1 heterocycles. The van der Waals surface area contributed by atoms with Crippen molar-refractivity contribution in [2.24, 2.45) is 5.73 Å². The number of hydrogen-bond donors (Lipinski definition) is 2. The summed E-state index contributed by atoms with van der Waals surface area (Å²) in [6, 6.07) is 3.15. The molecule has 0 spiro atoms. The molecule has 7 heteroatoms. The molecule has 0 bridgehead atoms.